The smallest absolute Gasteiger partial charge is 0.129 e. The van der Waals surface area contributed by atoms with Gasteiger partial charge in [0.25, 0.3) is 0 Å². The summed E-state index contributed by atoms with van der Waals surface area (Å²) in [5.41, 5.74) is 0.528. The fraction of sp³-hybridized carbons (Fsp3) is 0.400. The molecular weight excluding hydrogens is 174 g/mol. The van der Waals surface area contributed by atoms with Crippen LogP contribution in [0.5, 0.6) is 0 Å². The van der Waals surface area contributed by atoms with E-state index in [1.54, 1.807) is 0 Å². The van der Waals surface area contributed by atoms with Crippen LogP contribution in [0, 0.1) is 17.6 Å². The van der Waals surface area contributed by atoms with Crippen LogP contribution in [0.4, 0.5) is 8.78 Å². The minimum atomic E-state index is -0.553. The molecule has 1 nitrogen and oxygen atoms in total. The van der Waals surface area contributed by atoms with E-state index in [0.29, 0.717) is 5.56 Å². The quantitative estimate of drug-likeness (QED) is 0.745. The van der Waals surface area contributed by atoms with Gasteiger partial charge in [-0.1, -0.05) is 6.07 Å². The van der Waals surface area contributed by atoms with Crippen molar-refractivity contribution in [2.24, 2.45) is 5.92 Å². The van der Waals surface area contributed by atoms with Gasteiger partial charge in [-0.25, -0.2) is 8.78 Å². The van der Waals surface area contributed by atoms with Gasteiger partial charge >= 0.3 is 0 Å². The zero-order valence-corrected chi connectivity index (χ0v) is 7.00. The van der Waals surface area contributed by atoms with Gasteiger partial charge in [-0.05, 0) is 29.9 Å². The first-order valence-electron chi connectivity index (χ1n) is 4.28. The molecule has 1 fully saturated rings. The summed E-state index contributed by atoms with van der Waals surface area (Å²) in [5.74, 6) is -0.797. The molecule has 0 amide bonds. The fourth-order valence-corrected chi connectivity index (χ4v) is 1.63. The van der Waals surface area contributed by atoms with E-state index in [-0.39, 0.29) is 18.4 Å². The molecule has 0 aromatic heterocycles. The van der Waals surface area contributed by atoms with Crippen molar-refractivity contribution in [2.45, 2.75) is 12.3 Å². The van der Waals surface area contributed by atoms with Crippen molar-refractivity contribution < 1.29 is 13.9 Å². The van der Waals surface area contributed by atoms with Crippen molar-refractivity contribution in [3.63, 3.8) is 0 Å². The molecule has 3 heteroatoms. The topological polar surface area (TPSA) is 20.2 Å². The maximum Gasteiger partial charge on any atom is 0.129 e. The molecule has 1 aromatic carbocycles. The normalized spacial score (nSPS) is 26.1. The summed E-state index contributed by atoms with van der Waals surface area (Å²) in [4.78, 5) is 0. The molecule has 70 valence electrons. The highest BCUT2D eigenvalue weighted by Gasteiger charge is 2.39. The lowest BCUT2D eigenvalue weighted by Gasteiger charge is -2.00. The van der Waals surface area contributed by atoms with Gasteiger partial charge in [-0.2, -0.15) is 0 Å². The van der Waals surface area contributed by atoms with E-state index in [1.165, 1.54) is 12.1 Å². The molecule has 0 saturated heterocycles. The van der Waals surface area contributed by atoms with E-state index >= 15 is 0 Å². The number of aliphatic hydroxyl groups excluding tert-OH is 1. The molecule has 2 rings (SSSR count). The Labute approximate surface area is 75.0 Å². The standard InChI is InChI=1S/C10H10F2O/c11-7-1-2-8(10(12)4-7)9-3-6(9)5-13/h1-2,4,6,9,13H,3,5H2/t6-,9-/m0/s1. The first-order chi connectivity index (χ1) is 6.22. The number of aliphatic hydroxyl groups is 1. The molecule has 0 radical (unpaired) electrons. The number of rotatable bonds is 2. The second kappa shape index (κ2) is 3.07. The van der Waals surface area contributed by atoms with Crippen LogP contribution in [-0.4, -0.2) is 11.7 Å². The van der Waals surface area contributed by atoms with Crippen LogP contribution >= 0.6 is 0 Å². The van der Waals surface area contributed by atoms with Gasteiger partial charge in [0, 0.05) is 12.7 Å². The molecule has 1 saturated carbocycles. The van der Waals surface area contributed by atoms with E-state index in [0.717, 1.165) is 12.5 Å². The maximum atomic E-state index is 13.1. The summed E-state index contributed by atoms with van der Waals surface area (Å²) in [6.45, 7) is 0.0848. The van der Waals surface area contributed by atoms with Crippen LogP contribution in [0.15, 0.2) is 18.2 Å². The van der Waals surface area contributed by atoms with Crippen LogP contribution in [0.2, 0.25) is 0 Å². The lowest BCUT2D eigenvalue weighted by atomic mass is 10.1. The molecule has 1 aliphatic carbocycles. The molecule has 0 bridgehead atoms. The minimum Gasteiger partial charge on any atom is -0.396 e. The zero-order chi connectivity index (χ0) is 9.42. The van der Waals surface area contributed by atoms with Crippen LogP contribution in [-0.2, 0) is 0 Å². The summed E-state index contributed by atoms with van der Waals surface area (Å²) in [6, 6.07) is 3.61. The highest BCUT2D eigenvalue weighted by Crippen LogP contribution is 2.47. The van der Waals surface area contributed by atoms with Crippen molar-refractivity contribution in [1.29, 1.82) is 0 Å². The Hall–Kier alpha value is -0.960. The van der Waals surface area contributed by atoms with Crippen LogP contribution in [0.25, 0.3) is 0 Å². The van der Waals surface area contributed by atoms with Gasteiger partial charge in [0.2, 0.25) is 0 Å². The molecule has 1 aliphatic rings. The number of hydrogen-bond donors (Lipinski definition) is 1. The average molecular weight is 184 g/mol. The minimum absolute atomic E-state index is 0.0848. The third-order valence-corrected chi connectivity index (χ3v) is 2.52. The Morgan fingerprint density at radius 3 is 2.69 bits per heavy atom. The maximum absolute atomic E-state index is 13.1. The van der Waals surface area contributed by atoms with Crippen molar-refractivity contribution in [2.75, 3.05) is 6.61 Å². The summed E-state index contributed by atoms with van der Waals surface area (Å²) in [6.07, 6.45) is 0.805. The van der Waals surface area contributed by atoms with Crippen molar-refractivity contribution in [3.8, 4) is 0 Å². The van der Waals surface area contributed by atoms with Crippen molar-refractivity contribution >= 4 is 0 Å². The molecule has 1 aromatic rings. The first-order valence-corrected chi connectivity index (χ1v) is 4.28. The van der Waals surface area contributed by atoms with E-state index in [9.17, 15) is 8.78 Å². The Kier molecular flexibility index (Phi) is 2.04. The molecule has 2 atom stereocenters. The number of benzene rings is 1. The molecule has 0 unspecified atom stereocenters. The van der Waals surface area contributed by atoms with Crippen LogP contribution in [0.1, 0.15) is 17.9 Å². The van der Waals surface area contributed by atoms with E-state index in [4.69, 9.17) is 5.11 Å². The van der Waals surface area contributed by atoms with Gasteiger partial charge in [0.05, 0.1) is 0 Å². The predicted octanol–water partition coefficient (Wildman–Crippen LogP) is 2.06. The zero-order valence-electron chi connectivity index (χ0n) is 7.00. The second-order valence-corrected chi connectivity index (χ2v) is 3.45. The van der Waals surface area contributed by atoms with Crippen LogP contribution in [0.3, 0.4) is 0 Å². The van der Waals surface area contributed by atoms with Crippen molar-refractivity contribution in [3.05, 3.63) is 35.4 Å². The lowest BCUT2D eigenvalue weighted by molar-refractivity contribution is 0.273. The van der Waals surface area contributed by atoms with Crippen LogP contribution < -0.4 is 0 Å². The van der Waals surface area contributed by atoms with Crippen molar-refractivity contribution in [1.82, 2.24) is 0 Å². The van der Waals surface area contributed by atoms with Gasteiger partial charge in [-0.15, -0.1) is 0 Å². The average Bonchev–Trinajstić information content (AvgIpc) is 2.83. The summed E-state index contributed by atoms with van der Waals surface area (Å²) in [5, 5.41) is 8.79. The van der Waals surface area contributed by atoms with E-state index in [1.807, 2.05) is 0 Å². The van der Waals surface area contributed by atoms with E-state index in [2.05, 4.69) is 0 Å². The second-order valence-electron chi connectivity index (χ2n) is 3.45. The summed E-state index contributed by atoms with van der Waals surface area (Å²) >= 11 is 0. The molecule has 0 spiro atoms. The third-order valence-electron chi connectivity index (χ3n) is 2.52. The van der Waals surface area contributed by atoms with Gasteiger partial charge in [-0.3, -0.25) is 0 Å². The Morgan fingerprint density at radius 2 is 2.15 bits per heavy atom. The highest BCUT2D eigenvalue weighted by atomic mass is 19.1. The highest BCUT2D eigenvalue weighted by molar-refractivity contribution is 5.27. The monoisotopic (exact) mass is 184 g/mol. The van der Waals surface area contributed by atoms with Gasteiger partial charge < -0.3 is 5.11 Å². The molecule has 0 heterocycles. The SMILES string of the molecule is OC[C@@H]1C[C@@H]1c1ccc(F)cc1F. The van der Waals surface area contributed by atoms with E-state index < -0.39 is 11.6 Å². The largest absolute Gasteiger partial charge is 0.396 e. The third kappa shape index (κ3) is 1.56. The number of hydrogen-bond acceptors (Lipinski definition) is 1. The predicted molar refractivity (Wildman–Crippen MR) is 44.3 cm³/mol. The number of halogens is 2. The molecule has 1 N–H and O–H groups in total. The van der Waals surface area contributed by atoms with Gasteiger partial charge in [0.1, 0.15) is 11.6 Å². The Balaban J connectivity index is 2.22. The first kappa shape index (κ1) is 8.63. The van der Waals surface area contributed by atoms with Gasteiger partial charge in [0.15, 0.2) is 0 Å². The Bertz CT molecular complexity index is 325. The molecular formula is C10H10F2O. The lowest BCUT2D eigenvalue weighted by Crippen LogP contribution is -1.93. The summed E-state index contributed by atoms with van der Waals surface area (Å²) in [7, 11) is 0. The molecule has 13 heavy (non-hydrogen) atoms. The Morgan fingerprint density at radius 1 is 1.38 bits per heavy atom. The molecule has 0 aliphatic heterocycles. The fourth-order valence-electron chi connectivity index (χ4n) is 1.63. The summed E-state index contributed by atoms with van der Waals surface area (Å²) < 4.78 is 25.7.